The zero-order valence-corrected chi connectivity index (χ0v) is 11.8. The van der Waals surface area contributed by atoms with Crippen LogP contribution >= 0.6 is 0 Å². The Hall–Kier alpha value is -2.20. The lowest BCUT2D eigenvalue weighted by molar-refractivity contribution is -0.384. The first-order chi connectivity index (χ1) is 10.1. The van der Waals surface area contributed by atoms with Crippen LogP contribution in [-0.4, -0.2) is 42.0 Å². The van der Waals surface area contributed by atoms with Crippen LogP contribution in [0.5, 0.6) is 0 Å². The molecule has 0 bridgehead atoms. The molecule has 0 amide bonds. The summed E-state index contributed by atoms with van der Waals surface area (Å²) in [5, 5.41) is 20.1. The molecule has 1 aliphatic heterocycles. The number of rotatable bonds is 4. The topological polar surface area (TPSA) is 73.4 Å². The van der Waals surface area contributed by atoms with Gasteiger partial charge in [0.25, 0.3) is 5.69 Å². The van der Waals surface area contributed by atoms with Gasteiger partial charge in [-0.25, -0.2) is 4.39 Å². The van der Waals surface area contributed by atoms with Crippen molar-refractivity contribution in [2.45, 2.75) is 19.4 Å². The maximum Gasteiger partial charge on any atom is 0.295 e. The van der Waals surface area contributed by atoms with E-state index in [2.05, 4.69) is 11.0 Å². The Morgan fingerprint density at radius 1 is 1.43 bits per heavy atom. The Labute approximate surface area is 122 Å². The molecule has 1 saturated heterocycles. The molecule has 0 aliphatic carbocycles. The molecule has 6 nitrogen and oxygen atoms in total. The highest BCUT2D eigenvalue weighted by atomic mass is 19.1. The third-order valence-electron chi connectivity index (χ3n) is 3.77. The lowest BCUT2D eigenvalue weighted by Crippen LogP contribution is -2.50. The number of benzene rings is 1. The van der Waals surface area contributed by atoms with Crippen LogP contribution in [0.4, 0.5) is 15.8 Å². The monoisotopic (exact) mass is 292 g/mol. The van der Waals surface area contributed by atoms with Gasteiger partial charge in [-0.1, -0.05) is 6.92 Å². The number of piperazine rings is 1. The fraction of sp³-hybridized carbons (Fsp3) is 0.500. The molecule has 1 aliphatic rings. The molecular weight excluding hydrogens is 275 g/mol. The smallest absolute Gasteiger partial charge is 0.295 e. The molecule has 0 saturated carbocycles. The van der Waals surface area contributed by atoms with Crippen molar-refractivity contribution >= 4 is 11.4 Å². The molecule has 112 valence electrons. The van der Waals surface area contributed by atoms with Crippen molar-refractivity contribution in [1.82, 2.24) is 4.90 Å². The van der Waals surface area contributed by atoms with Crippen LogP contribution in [0.3, 0.4) is 0 Å². The molecule has 0 N–H and O–H groups in total. The summed E-state index contributed by atoms with van der Waals surface area (Å²) in [5.41, 5.74) is 0.224. The minimum atomic E-state index is -0.611. The highest BCUT2D eigenvalue weighted by molar-refractivity contribution is 5.63. The van der Waals surface area contributed by atoms with Gasteiger partial charge in [-0.05, 0) is 18.6 Å². The number of nitrogens with zero attached hydrogens (tertiary/aromatic N) is 4. The summed E-state index contributed by atoms with van der Waals surface area (Å²) < 4.78 is 13.2. The highest BCUT2D eigenvalue weighted by Gasteiger charge is 2.26. The third-order valence-corrected chi connectivity index (χ3v) is 3.77. The van der Waals surface area contributed by atoms with Gasteiger partial charge in [-0.3, -0.25) is 15.0 Å². The first kappa shape index (κ1) is 15.2. The van der Waals surface area contributed by atoms with Gasteiger partial charge in [0.2, 0.25) is 0 Å². The average molecular weight is 292 g/mol. The lowest BCUT2D eigenvalue weighted by Gasteiger charge is -2.37. The van der Waals surface area contributed by atoms with Gasteiger partial charge in [0.1, 0.15) is 11.5 Å². The lowest BCUT2D eigenvalue weighted by atomic mass is 10.1. The first-order valence-corrected chi connectivity index (χ1v) is 6.89. The quantitative estimate of drug-likeness (QED) is 0.628. The normalized spacial score (nSPS) is 17.3. The minimum absolute atomic E-state index is 0.115. The Morgan fingerprint density at radius 2 is 2.10 bits per heavy atom. The van der Waals surface area contributed by atoms with E-state index >= 15 is 0 Å². The molecule has 0 radical (unpaired) electrons. The largest absolute Gasteiger partial charge is 0.363 e. The van der Waals surface area contributed by atoms with Gasteiger partial charge in [0.15, 0.2) is 0 Å². The molecule has 1 aromatic rings. The fourth-order valence-corrected chi connectivity index (χ4v) is 2.62. The fourth-order valence-electron chi connectivity index (χ4n) is 2.62. The summed E-state index contributed by atoms with van der Waals surface area (Å²) in [4.78, 5) is 14.4. The average Bonchev–Trinajstić information content (AvgIpc) is 2.49. The second kappa shape index (κ2) is 6.50. The number of anilines is 1. The number of nitro groups is 1. The van der Waals surface area contributed by atoms with E-state index in [4.69, 9.17) is 5.26 Å². The summed E-state index contributed by atoms with van der Waals surface area (Å²) in [6.45, 7) is 4.47. The zero-order chi connectivity index (χ0) is 15.4. The molecule has 0 spiro atoms. The SMILES string of the molecule is CCC(C#N)N1CCN(c2ccc(F)cc2[N+](=O)[O-])CC1. The molecule has 2 rings (SSSR count). The Balaban J connectivity index is 2.13. The van der Waals surface area contributed by atoms with E-state index in [-0.39, 0.29) is 11.7 Å². The first-order valence-electron chi connectivity index (χ1n) is 6.89. The van der Waals surface area contributed by atoms with Crippen LogP contribution in [0.1, 0.15) is 13.3 Å². The predicted molar refractivity (Wildman–Crippen MR) is 76.5 cm³/mol. The van der Waals surface area contributed by atoms with Crippen molar-refractivity contribution in [3.63, 3.8) is 0 Å². The molecule has 1 unspecified atom stereocenters. The van der Waals surface area contributed by atoms with E-state index in [1.807, 2.05) is 11.8 Å². The second-order valence-electron chi connectivity index (χ2n) is 4.97. The number of hydrogen-bond donors (Lipinski definition) is 0. The number of nitriles is 1. The van der Waals surface area contributed by atoms with E-state index in [1.165, 1.54) is 12.1 Å². The molecule has 7 heteroatoms. The van der Waals surface area contributed by atoms with Crippen molar-refractivity contribution in [1.29, 1.82) is 5.26 Å². The van der Waals surface area contributed by atoms with Crippen LogP contribution < -0.4 is 4.90 Å². The van der Waals surface area contributed by atoms with E-state index < -0.39 is 10.7 Å². The van der Waals surface area contributed by atoms with E-state index in [0.717, 1.165) is 12.5 Å². The van der Waals surface area contributed by atoms with Crippen LogP contribution in [-0.2, 0) is 0 Å². The van der Waals surface area contributed by atoms with Gasteiger partial charge in [-0.2, -0.15) is 5.26 Å². The van der Waals surface area contributed by atoms with Crippen molar-refractivity contribution in [2.24, 2.45) is 0 Å². The van der Waals surface area contributed by atoms with Gasteiger partial charge < -0.3 is 4.90 Å². The Kier molecular flexibility index (Phi) is 4.70. The maximum atomic E-state index is 13.2. The maximum absolute atomic E-state index is 13.2. The van der Waals surface area contributed by atoms with E-state index in [9.17, 15) is 14.5 Å². The summed E-state index contributed by atoms with van der Waals surface area (Å²) in [6, 6.07) is 5.78. The number of hydrogen-bond acceptors (Lipinski definition) is 5. The Bertz CT molecular complexity index is 565. The second-order valence-corrected chi connectivity index (χ2v) is 4.97. The van der Waals surface area contributed by atoms with Gasteiger partial charge in [0.05, 0.1) is 23.1 Å². The summed E-state index contributed by atoms with van der Waals surface area (Å²) in [5.74, 6) is -0.611. The molecule has 1 heterocycles. The van der Waals surface area contributed by atoms with Crippen LogP contribution in [0, 0.1) is 27.3 Å². The summed E-state index contributed by atoms with van der Waals surface area (Å²) in [6.07, 6.45) is 0.757. The minimum Gasteiger partial charge on any atom is -0.363 e. The van der Waals surface area contributed by atoms with Crippen LogP contribution in [0.15, 0.2) is 18.2 Å². The van der Waals surface area contributed by atoms with E-state index in [0.29, 0.717) is 31.9 Å². The predicted octanol–water partition coefficient (Wildman–Crippen LogP) is 2.16. The number of halogens is 1. The van der Waals surface area contributed by atoms with Crippen LogP contribution in [0.25, 0.3) is 0 Å². The Morgan fingerprint density at radius 3 is 2.62 bits per heavy atom. The van der Waals surface area contributed by atoms with Crippen molar-refractivity contribution in [3.05, 3.63) is 34.1 Å². The van der Waals surface area contributed by atoms with Crippen molar-refractivity contribution < 1.29 is 9.31 Å². The zero-order valence-electron chi connectivity index (χ0n) is 11.8. The van der Waals surface area contributed by atoms with Gasteiger partial charge >= 0.3 is 0 Å². The highest BCUT2D eigenvalue weighted by Crippen LogP contribution is 2.29. The molecule has 21 heavy (non-hydrogen) atoms. The summed E-state index contributed by atoms with van der Waals surface area (Å²) in [7, 11) is 0. The molecule has 0 aromatic heterocycles. The van der Waals surface area contributed by atoms with Crippen LogP contribution in [0.2, 0.25) is 0 Å². The van der Waals surface area contributed by atoms with Gasteiger partial charge in [0, 0.05) is 26.2 Å². The van der Waals surface area contributed by atoms with Gasteiger partial charge in [-0.15, -0.1) is 0 Å². The van der Waals surface area contributed by atoms with Crippen molar-refractivity contribution in [3.8, 4) is 6.07 Å². The number of nitro benzene ring substituents is 1. The molecule has 1 fully saturated rings. The third kappa shape index (κ3) is 3.28. The molecule has 1 aromatic carbocycles. The molecule has 1 atom stereocenters. The summed E-state index contributed by atoms with van der Waals surface area (Å²) >= 11 is 0. The van der Waals surface area contributed by atoms with Crippen molar-refractivity contribution in [2.75, 3.05) is 31.1 Å². The standard InChI is InChI=1S/C14H17FN4O2/c1-2-12(10-16)17-5-7-18(8-6-17)13-4-3-11(15)9-14(13)19(20)21/h3-4,9,12H,2,5-8H2,1H3. The van der Waals surface area contributed by atoms with E-state index in [1.54, 1.807) is 0 Å². The molecular formula is C14H17FN4O2.